The van der Waals surface area contributed by atoms with Crippen molar-refractivity contribution in [3.8, 4) is 0 Å². The lowest BCUT2D eigenvalue weighted by Crippen LogP contribution is -2.55. The van der Waals surface area contributed by atoms with E-state index in [1.165, 1.54) is 60.0 Å². The van der Waals surface area contributed by atoms with Crippen molar-refractivity contribution in [1.82, 2.24) is 14.1 Å². The quantitative estimate of drug-likeness (QED) is 0.367. The van der Waals surface area contributed by atoms with Gasteiger partial charge < -0.3 is 14.5 Å². The lowest BCUT2D eigenvalue weighted by molar-refractivity contribution is -0.0144. The number of likely N-dealkylation sites (tertiary alicyclic amines) is 2. The second-order valence-corrected chi connectivity index (χ2v) is 14.5. The summed E-state index contributed by atoms with van der Waals surface area (Å²) in [5.41, 5.74) is -0.734. The first kappa shape index (κ1) is 29.8. The van der Waals surface area contributed by atoms with Crippen LogP contribution in [-0.4, -0.2) is 72.5 Å². The zero-order valence-electron chi connectivity index (χ0n) is 23.7. The molecule has 0 aromatic heterocycles. The third kappa shape index (κ3) is 6.05. The molecule has 1 saturated carbocycles. The standard InChI is InChI=1S/C31H38ClF2N3O4S/c32-23-7-9-27(10-8-23)42(39,40)37-28(22-19-24(33)21-25(34)20-22)5-4-6-29(37)31(13-14-31)41-30(38)36-17-11-26(12-18-36)35-15-2-1-3-16-35/h7-10,19-21,26,28-29H,1-6,11-18H2. The number of hydrogen-bond donors (Lipinski definition) is 0. The Morgan fingerprint density at radius 2 is 1.50 bits per heavy atom. The summed E-state index contributed by atoms with van der Waals surface area (Å²) in [4.78, 5) is 17.8. The van der Waals surface area contributed by atoms with E-state index >= 15 is 0 Å². The summed E-state index contributed by atoms with van der Waals surface area (Å²) in [6, 6.07) is 8.04. The third-order valence-electron chi connectivity index (χ3n) is 9.50. The molecule has 2 atom stereocenters. The molecule has 4 aliphatic rings. The molecule has 2 aromatic carbocycles. The molecule has 0 bridgehead atoms. The van der Waals surface area contributed by atoms with Crippen LogP contribution in [0.5, 0.6) is 0 Å². The molecular weight excluding hydrogens is 584 g/mol. The predicted octanol–water partition coefficient (Wildman–Crippen LogP) is 6.52. The Balaban J connectivity index is 1.25. The van der Waals surface area contributed by atoms with Crippen LogP contribution in [0.3, 0.4) is 0 Å². The van der Waals surface area contributed by atoms with Crippen LogP contribution < -0.4 is 0 Å². The first-order valence-electron chi connectivity index (χ1n) is 15.1. The Hall–Kier alpha value is -2.27. The average molecular weight is 622 g/mol. The van der Waals surface area contributed by atoms with Gasteiger partial charge in [0.2, 0.25) is 10.0 Å². The van der Waals surface area contributed by atoms with Crippen LogP contribution in [0.1, 0.15) is 75.8 Å². The van der Waals surface area contributed by atoms with Gasteiger partial charge in [-0.05, 0) is 113 Å². The van der Waals surface area contributed by atoms with E-state index in [1.54, 1.807) is 4.90 Å². The zero-order valence-corrected chi connectivity index (χ0v) is 25.3. The van der Waals surface area contributed by atoms with E-state index in [4.69, 9.17) is 16.3 Å². The topological polar surface area (TPSA) is 70.2 Å². The molecule has 4 fully saturated rings. The maximum absolute atomic E-state index is 14.3. The van der Waals surface area contributed by atoms with Gasteiger partial charge in [0.25, 0.3) is 0 Å². The largest absolute Gasteiger partial charge is 0.441 e. The van der Waals surface area contributed by atoms with Crippen LogP contribution in [0.15, 0.2) is 47.4 Å². The second-order valence-electron chi connectivity index (χ2n) is 12.2. The fraction of sp³-hybridized carbons (Fsp3) is 0.581. The summed E-state index contributed by atoms with van der Waals surface area (Å²) in [7, 11) is -4.16. The Kier molecular flexibility index (Phi) is 8.52. The predicted molar refractivity (Wildman–Crippen MR) is 156 cm³/mol. The molecule has 2 unspecified atom stereocenters. The first-order valence-corrected chi connectivity index (χ1v) is 17.0. The summed E-state index contributed by atoms with van der Waals surface area (Å²) < 4.78 is 64.8. The Morgan fingerprint density at radius 3 is 2.12 bits per heavy atom. The highest BCUT2D eigenvalue weighted by molar-refractivity contribution is 7.89. The molecule has 11 heteroatoms. The first-order chi connectivity index (χ1) is 20.2. The molecule has 1 aliphatic carbocycles. The van der Waals surface area contributed by atoms with E-state index in [9.17, 15) is 22.0 Å². The van der Waals surface area contributed by atoms with Gasteiger partial charge in [-0.3, -0.25) is 0 Å². The van der Waals surface area contributed by atoms with Gasteiger partial charge in [0.15, 0.2) is 0 Å². The minimum Gasteiger partial charge on any atom is -0.441 e. The molecule has 0 radical (unpaired) electrons. The van der Waals surface area contributed by atoms with Crippen LogP contribution in [-0.2, 0) is 14.8 Å². The number of piperidine rings is 3. The molecule has 3 heterocycles. The van der Waals surface area contributed by atoms with Crippen molar-refractivity contribution in [1.29, 1.82) is 0 Å². The average Bonchev–Trinajstić information content (AvgIpc) is 3.77. The van der Waals surface area contributed by atoms with E-state index in [2.05, 4.69) is 4.90 Å². The fourth-order valence-corrected chi connectivity index (χ4v) is 9.22. The number of carbonyl (C=O) groups excluding carboxylic acids is 1. The molecule has 42 heavy (non-hydrogen) atoms. The summed E-state index contributed by atoms with van der Waals surface area (Å²) in [5.74, 6) is -1.53. The monoisotopic (exact) mass is 621 g/mol. The fourth-order valence-electron chi connectivity index (χ4n) is 7.18. The van der Waals surface area contributed by atoms with Gasteiger partial charge in [0.1, 0.15) is 17.2 Å². The van der Waals surface area contributed by atoms with Crippen molar-refractivity contribution in [2.24, 2.45) is 0 Å². The lowest BCUT2D eigenvalue weighted by Gasteiger charge is -2.45. The van der Waals surface area contributed by atoms with Crippen LogP contribution in [0.25, 0.3) is 0 Å². The molecule has 0 spiro atoms. The van der Waals surface area contributed by atoms with Crippen molar-refractivity contribution in [3.63, 3.8) is 0 Å². The highest BCUT2D eigenvalue weighted by atomic mass is 35.5. The van der Waals surface area contributed by atoms with E-state index in [1.807, 2.05) is 0 Å². The summed E-state index contributed by atoms with van der Waals surface area (Å²) in [5, 5.41) is 0.393. The minimum atomic E-state index is -4.16. The molecule has 1 amide bonds. The lowest BCUT2D eigenvalue weighted by atomic mass is 9.90. The smallest absolute Gasteiger partial charge is 0.410 e. The third-order valence-corrected chi connectivity index (χ3v) is 11.7. The number of amides is 1. The summed E-state index contributed by atoms with van der Waals surface area (Å²) in [6.45, 7) is 3.46. The molecule has 7 nitrogen and oxygen atoms in total. The number of carbonyl (C=O) groups is 1. The number of halogens is 3. The molecule has 3 aliphatic heterocycles. The number of benzene rings is 2. The Bertz CT molecular complexity index is 1370. The highest BCUT2D eigenvalue weighted by Gasteiger charge is 2.60. The van der Waals surface area contributed by atoms with Crippen LogP contribution in [0, 0.1) is 11.6 Å². The van der Waals surface area contributed by atoms with E-state index in [-0.39, 0.29) is 10.5 Å². The van der Waals surface area contributed by atoms with E-state index in [0.717, 1.165) is 32.0 Å². The summed E-state index contributed by atoms with van der Waals surface area (Å²) in [6.07, 6.45) is 7.68. The maximum Gasteiger partial charge on any atom is 0.410 e. The number of rotatable bonds is 6. The molecule has 228 valence electrons. The van der Waals surface area contributed by atoms with E-state index < -0.39 is 45.4 Å². The van der Waals surface area contributed by atoms with Gasteiger partial charge in [-0.1, -0.05) is 18.0 Å². The minimum absolute atomic E-state index is 0.0302. The Morgan fingerprint density at radius 1 is 0.857 bits per heavy atom. The van der Waals surface area contributed by atoms with Gasteiger partial charge in [-0.2, -0.15) is 4.31 Å². The second kappa shape index (κ2) is 12.0. The van der Waals surface area contributed by atoms with Gasteiger partial charge >= 0.3 is 6.09 Å². The van der Waals surface area contributed by atoms with Crippen molar-refractivity contribution < 1.29 is 26.7 Å². The normalized spacial score (nSPS) is 25.7. The molecule has 6 rings (SSSR count). The van der Waals surface area contributed by atoms with Crippen molar-refractivity contribution in [2.45, 2.75) is 92.8 Å². The maximum atomic E-state index is 14.3. The molecule has 3 saturated heterocycles. The SMILES string of the molecule is O=C(OC1(C2CCCC(c3cc(F)cc(F)c3)N2S(=O)(=O)c2ccc(Cl)cc2)CC1)N1CCC(N2CCCCC2)CC1. The number of hydrogen-bond acceptors (Lipinski definition) is 5. The summed E-state index contributed by atoms with van der Waals surface area (Å²) >= 11 is 6.05. The van der Waals surface area contributed by atoms with Crippen LogP contribution >= 0.6 is 11.6 Å². The highest BCUT2D eigenvalue weighted by Crippen LogP contribution is 2.53. The number of ether oxygens (including phenoxy) is 1. The van der Waals surface area contributed by atoms with Crippen molar-refractivity contribution in [3.05, 3.63) is 64.7 Å². The zero-order chi connectivity index (χ0) is 29.5. The van der Waals surface area contributed by atoms with E-state index in [0.29, 0.717) is 56.3 Å². The van der Waals surface area contributed by atoms with Crippen molar-refractivity contribution in [2.75, 3.05) is 26.2 Å². The number of nitrogens with zero attached hydrogens (tertiary/aromatic N) is 3. The van der Waals surface area contributed by atoms with Crippen molar-refractivity contribution >= 4 is 27.7 Å². The molecule has 0 N–H and O–H groups in total. The molecule has 2 aromatic rings. The van der Waals surface area contributed by atoms with Gasteiger partial charge in [-0.25, -0.2) is 22.0 Å². The molecular formula is C31H38ClF2N3O4S. The van der Waals surface area contributed by atoms with Crippen LogP contribution in [0.4, 0.5) is 13.6 Å². The number of sulfonamides is 1. The Labute approximate surface area is 251 Å². The van der Waals surface area contributed by atoms with Gasteiger partial charge in [0.05, 0.1) is 17.0 Å². The van der Waals surface area contributed by atoms with Gasteiger partial charge in [0, 0.05) is 30.2 Å². The van der Waals surface area contributed by atoms with Crippen LogP contribution in [0.2, 0.25) is 5.02 Å². The van der Waals surface area contributed by atoms with Gasteiger partial charge in [-0.15, -0.1) is 0 Å².